The number of hydrogen-bond acceptors (Lipinski definition) is 5. The molecule has 1 aliphatic heterocycles. The van der Waals surface area contributed by atoms with Gasteiger partial charge in [0.25, 0.3) is 11.8 Å². The standard InChI is InChI=1S/C23H27F2N5O/c1-15(2)4-6-18-8-10-23(24,25)14-30(18)22(31)21-16(3)5-7-19(29-21)28-20-12-17(13-26)9-11-27-20/h5,7,9,11-12,15,18H,4,6,8,10,14H2,1-3H3,(H,27,28,29)/t18-/m1/s1. The van der Waals surface area contributed by atoms with E-state index in [1.54, 1.807) is 31.2 Å². The van der Waals surface area contributed by atoms with Crippen LogP contribution in [0.4, 0.5) is 20.4 Å². The number of amides is 1. The van der Waals surface area contributed by atoms with Crippen LogP contribution in [0.2, 0.25) is 0 Å². The Morgan fingerprint density at radius 1 is 1.35 bits per heavy atom. The van der Waals surface area contributed by atoms with Crippen molar-refractivity contribution in [2.75, 3.05) is 11.9 Å². The zero-order valence-electron chi connectivity index (χ0n) is 18.0. The molecule has 6 nitrogen and oxygen atoms in total. The van der Waals surface area contributed by atoms with Crippen LogP contribution in [0.15, 0.2) is 30.5 Å². The number of likely N-dealkylation sites (tertiary alicyclic amines) is 1. The highest BCUT2D eigenvalue weighted by molar-refractivity contribution is 5.94. The van der Waals surface area contributed by atoms with Crippen LogP contribution >= 0.6 is 0 Å². The Bertz CT molecular complexity index is 984. The van der Waals surface area contributed by atoms with E-state index in [0.717, 1.165) is 6.42 Å². The molecule has 8 heteroatoms. The quantitative estimate of drug-likeness (QED) is 0.695. The number of aryl methyl sites for hydroxylation is 1. The maximum Gasteiger partial charge on any atom is 0.273 e. The lowest BCUT2D eigenvalue weighted by atomic mass is 9.92. The summed E-state index contributed by atoms with van der Waals surface area (Å²) in [6.45, 7) is 5.32. The molecule has 1 N–H and O–H groups in total. The number of hydrogen-bond donors (Lipinski definition) is 1. The summed E-state index contributed by atoms with van der Waals surface area (Å²) in [6, 6.07) is 8.37. The molecule has 164 valence electrons. The summed E-state index contributed by atoms with van der Waals surface area (Å²) >= 11 is 0. The van der Waals surface area contributed by atoms with Crippen molar-refractivity contribution >= 4 is 17.5 Å². The second-order valence-corrected chi connectivity index (χ2v) is 8.48. The third kappa shape index (κ3) is 5.75. The van der Waals surface area contributed by atoms with Crippen LogP contribution in [0.1, 0.15) is 61.1 Å². The molecule has 0 radical (unpaired) electrons. The van der Waals surface area contributed by atoms with Gasteiger partial charge in [0.15, 0.2) is 0 Å². The molecule has 0 bridgehead atoms. The number of nitriles is 1. The fourth-order valence-electron chi connectivity index (χ4n) is 3.71. The second-order valence-electron chi connectivity index (χ2n) is 8.48. The van der Waals surface area contributed by atoms with Gasteiger partial charge >= 0.3 is 0 Å². The summed E-state index contributed by atoms with van der Waals surface area (Å²) in [4.78, 5) is 23.2. The average Bonchev–Trinajstić information content (AvgIpc) is 2.73. The number of alkyl halides is 2. The van der Waals surface area contributed by atoms with Gasteiger partial charge in [-0.3, -0.25) is 4.79 Å². The number of halogens is 2. The smallest absolute Gasteiger partial charge is 0.273 e. The van der Waals surface area contributed by atoms with Crippen LogP contribution in [0, 0.1) is 24.2 Å². The average molecular weight is 427 g/mol. The number of aromatic nitrogens is 2. The molecule has 0 unspecified atom stereocenters. The van der Waals surface area contributed by atoms with Crippen molar-refractivity contribution < 1.29 is 13.6 Å². The highest BCUT2D eigenvalue weighted by atomic mass is 19.3. The minimum Gasteiger partial charge on any atom is -0.328 e. The minimum atomic E-state index is -2.89. The zero-order valence-corrected chi connectivity index (χ0v) is 18.0. The van der Waals surface area contributed by atoms with Crippen molar-refractivity contribution in [3.05, 3.63) is 47.3 Å². The largest absolute Gasteiger partial charge is 0.328 e. The first-order chi connectivity index (χ1) is 14.7. The molecule has 3 heterocycles. The van der Waals surface area contributed by atoms with Crippen LogP contribution in [0.3, 0.4) is 0 Å². The van der Waals surface area contributed by atoms with E-state index in [1.165, 1.54) is 11.1 Å². The molecule has 1 amide bonds. The van der Waals surface area contributed by atoms with E-state index in [-0.39, 0.29) is 24.6 Å². The zero-order chi connectivity index (χ0) is 22.6. The molecular formula is C23H27F2N5O. The van der Waals surface area contributed by atoms with Crippen LogP contribution in [0.25, 0.3) is 0 Å². The summed E-state index contributed by atoms with van der Waals surface area (Å²) < 4.78 is 28.4. The van der Waals surface area contributed by atoms with Crippen molar-refractivity contribution in [2.24, 2.45) is 5.92 Å². The van der Waals surface area contributed by atoms with Crippen LogP contribution in [0.5, 0.6) is 0 Å². The molecule has 1 saturated heterocycles. The topological polar surface area (TPSA) is 81.9 Å². The number of pyridine rings is 2. The molecular weight excluding hydrogens is 400 g/mol. The predicted molar refractivity (Wildman–Crippen MR) is 114 cm³/mol. The lowest BCUT2D eigenvalue weighted by molar-refractivity contribution is -0.0737. The summed E-state index contributed by atoms with van der Waals surface area (Å²) in [7, 11) is 0. The van der Waals surface area contributed by atoms with E-state index in [9.17, 15) is 13.6 Å². The van der Waals surface area contributed by atoms with E-state index in [1.807, 2.05) is 6.07 Å². The summed E-state index contributed by atoms with van der Waals surface area (Å²) in [5.74, 6) is -2.17. The molecule has 0 aromatic carbocycles. The number of carbonyl (C=O) groups is 1. The van der Waals surface area contributed by atoms with Crippen molar-refractivity contribution in [1.82, 2.24) is 14.9 Å². The molecule has 1 atom stereocenters. The van der Waals surface area contributed by atoms with Gasteiger partial charge in [-0.1, -0.05) is 19.9 Å². The molecule has 1 aliphatic rings. The number of nitrogens with zero attached hydrogens (tertiary/aromatic N) is 4. The second kappa shape index (κ2) is 9.38. The summed E-state index contributed by atoms with van der Waals surface area (Å²) in [5, 5.41) is 12.0. The summed E-state index contributed by atoms with van der Waals surface area (Å²) in [5.41, 5.74) is 1.20. The molecule has 3 rings (SSSR count). The number of carbonyl (C=O) groups excluding carboxylic acids is 1. The monoisotopic (exact) mass is 427 g/mol. The van der Waals surface area contributed by atoms with Crippen LogP contribution in [-0.2, 0) is 0 Å². The normalized spacial score (nSPS) is 18.0. The van der Waals surface area contributed by atoms with Gasteiger partial charge in [0, 0.05) is 18.7 Å². The fraction of sp³-hybridized carbons (Fsp3) is 0.478. The third-order valence-electron chi connectivity index (χ3n) is 5.47. The Kier molecular flexibility index (Phi) is 6.84. The maximum absolute atomic E-state index is 14.2. The molecule has 2 aromatic heterocycles. The minimum absolute atomic E-state index is 0.147. The SMILES string of the molecule is Cc1ccc(Nc2cc(C#N)ccn2)nc1C(=O)N1CC(F)(F)CC[C@H]1CCC(C)C. The molecule has 2 aromatic rings. The van der Waals surface area contributed by atoms with E-state index in [4.69, 9.17) is 5.26 Å². The van der Waals surface area contributed by atoms with Gasteiger partial charge in [-0.25, -0.2) is 18.7 Å². The molecule has 0 spiro atoms. The molecule has 31 heavy (non-hydrogen) atoms. The first kappa shape index (κ1) is 22.6. The van der Waals surface area contributed by atoms with Crippen molar-refractivity contribution in [3.8, 4) is 6.07 Å². The molecule has 1 fully saturated rings. The van der Waals surface area contributed by atoms with Gasteiger partial charge in [0.1, 0.15) is 17.3 Å². The van der Waals surface area contributed by atoms with Gasteiger partial charge in [0.05, 0.1) is 18.2 Å². The lowest BCUT2D eigenvalue weighted by Crippen LogP contribution is -2.51. The number of nitrogens with one attached hydrogen (secondary N) is 1. The van der Waals surface area contributed by atoms with Crippen molar-refractivity contribution in [3.63, 3.8) is 0 Å². The Morgan fingerprint density at radius 3 is 2.84 bits per heavy atom. The van der Waals surface area contributed by atoms with E-state index in [0.29, 0.717) is 35.1 Å². The lowest BCUT2D eigenvalue weighted by Gasteiger charge is -2.40. The van der Waals surface area contributed by atoms with E-state index < -0.39 is 18.4 Å². The fourth-order valence-corrected chi connectivity index (χ4v) is 3.71. The van der Waals surface area contributed by atoms with E-state index in [2.05, 4.69) is 29.1 Å². The first-order valence-electron chi connectivity index (χ1n) is 10.5. The Morgan fingerprint density at radius 2 is 2.13 bits per heavy atom. The molecule has 0 saturated carbocycles. The van der Waals surface area contributed by atoms with Crippen LogP contribution < -0.4 is 5.32 Å². The van der Waals surface area contributed by atoms with Gasteiger partial charge in [0.2, 0.25) is 0 Å². The number of rotatable bonds is 6. The van der Waals surface area contributed by atoms with Crippen molar-refractivity contribution in [2.45, 2.75) is 58.4 Å². The Labute approximate surface area is 181 Å². The van der Waals surface area contributed by atoms with Gasteiger partial charge < -0.3 is 10.2 Å². The number of anilines is 2. The van der Waals surface area contributed by atoms with Gasteiger partial charge in [-0.15, -0.1) is 0 Å². The third-order valence-corrected chi connectivity index (χ3v) is 5.47. The first-order valence-corrected chi connectivity index (χ1v) is 10.5. The predicted octanol–water partition coefficient (Wildman–Crippen LogP) is 5.08. The summed E-state index contributed by atoms with van der Waals surface area (Å²) in [6.07, 6.45) is 3.15. The highest BCUT2D eigenvalue weighted by Crippen LogP contribution is 2.33. The van der Waals surface area contributed by atoms with Gasteiger partial charge in [-0.05, 0) is 55.9 Å². The Balaban J connectivity index is 1.86. The van der Waals surface area contributed by atoms with Gasteiger partial charge in [-0.2, -0.15) is 5.26 Å². The Hall–Kier alpha value is -3.08. The van der Waals surface area contributed by atoms with Crippen molar-refractivity contribution in [1.29, 1.82) is 5.26 Å². The number of piperidine rings is 1. The maximum atomic E-state index is 14.2. The van der Waals surface area contributed by atoms with Crippen LogP contribution in [-0.4, -0.2) is 39.3 Å². The molecule has 0 aliphatic carbocycles. The highest BCUT2D eigenvalue weighted by Gasteiger charge is 2.42. The van der Waals surface area contributed by atoms with E-state index >= 15 is 0 Å².